The fourth-order valence-corrected chi connectivity index (χ4v) is 3.77. The summed E-state index contributed by atoms with van der Waals surface area (Å²) in [6, 6.07) is 13.0. The fraction of sp³-hybridized carbons (Fsp3) is 0.435. The Kier molecular flexibility index (Phi) is 6.86. The van der Waals surface area contributed by atoms with Crippen LogP contribution in [0.1, 0.15) is 48.0 Å². The van der Waals surface area contributed by atoms with E-state index in [9.17, 15) is 14.4 Å². The van der Waals surface area contributed by atoms with Crippen LogP contribution in [0.2, 0.25) is 0 Å². The van der Waals surface area contributed by atoms with Crippen molar-refractivity contribution in [1.82, 2.24) is 14.4 Å². The average Bonchev–Trinajstić information content (AvgIpc) is 2.75. The molecular formula is C23H29N3O3. The van der Waals surface area contributed by atoms with E-state index in [4.69, 9.17) is 0 Å². The number of benzene rings is 1. The number of nitrogens with zero attached hydrogens (tertiary/aromatic N) is 3. The maximum Gasteiger partial charge on any atom is 0.255 e. The van der Waals surface area contributed by atoms with Crippen molar-refractivity contribution < 1.29 is 9.59 Å². The zero-order valence-corrected chi connectivity index (χ0v) is 17.2. The Morgan fingerprint density at radius 1 is 1.03 bits per heavy atom. The zero-order valence-electron chi connectivity index (χ0n) is 17.2. The standard InChI is InChI=1S/C23H29N3O3/c1-18(19-9-5-3-6-10-19)15-24(2)23(29)20-11-12-21(27)26(16-20)17-22(28)25-13-7-4-8-14-25/h3,5-6,9-12,16,18H,4,7-8,13-15,17H2,1-2H3/t18-/m1/s1. The van der Waals surface area contributed by atoms with Crippen LogP contribution in [0.5, 0.6) is 0 Å². The molecule has 1 aromatic carbocycles. The van der Waals surface area contributed by atoms with E-state index in [-0.39, 0.29) is 29.8 Å². The molecule has 0 radical (unpaired) electrons. The van der Waals surface area contributed by atoms with Crippen molar-refractivity contribution in [3.63, 3.8) is 0 Å². The van der Waals surface area contributed by atoms with Crippen LogP contribution in [0.25, 0.3) is 0 Å². The summed E-state index contributed by atoms with van der Waals surface area (Å²) in [5, 5.41) is 0. The molecule has 0 N–H and O–H groups in total. The van der Waals surface area contributed by atoms with Gasteiger partial charge >= 0.3 is 0 Å². The Hall–Kier alpha value is -2.89. The summed E-state index contributed by atoms with van der Waals surface area (Å²) in [7, 11) is 1.76. The van der Waals surface area contributed by atoms with E-state index in [0.717, 1.165) is 32.4 Å². The van der Waals surface area contributed by atoms with Crippen molar-refractivity contribution in [2.75, 3.05) is 26.7 Å². The number of likely N-dealkylation sites (tertiary alicyclic amines) is 1. The van der Waals surface area contributed by atoms with Gasteiger partial charge in [-0.2, -0.15) is 0 Å². The van der Waals surface area contributed by atoms with E-state index in [2.05, 4.69) is 19.1 Å². The second kappa shape index (κ2) is 9.54. The minimum absolute atomic E-state index is 0.0237. The first-order valence-corrected chi connectivity index (χ1v) is 10.2. The summed E-state index contributed by atoms with van der Waals surface area (Å²) >= 11 is 0. The van der Waals surface area contributed by atoms with E-state index in [1.165, 1.54) is 28.5 Å². The first kappa shape index (κ1) is 20.8. The van der Waals surface area contributed by atoms with E-state index < -0.39 is 0 Å². The summed E-state index contributed by atoms with van der Waals surface area (Å²) < 4.78 is 1.35. The van der Waals surface area contributed by atoms with Gasteiger partial charge in [-0.1, -0.05) is 37.3 Å². The minimum atomic E-state index is -0.271. The van der Waals surface area contributed by atoms with Crippen LogP contribution in [0.15, 0.2) is 53.5 Å². The lowest BCUT2D eigenvalue weighted by Crippen LogP contribution is -2.39. The van der Waals surface area contributed by atoms with Crippen LogP contribution in [0.4, 0.5) is 0 Å². The highest BCUT2D eigenvalue weighted by Gasteiger charge is 2.19. The SMILES string of the molecule is C[C@H](CN(C)C(=O)c1ccc(=O)n(CC(=O)N2CCCCC2)c1)c1ccccc1. The minimum Gasteiger partial charge on any atom is -0.341 e. The van der Waals surface area contributed by atoms with Crippen LogP contribution in [0.3, 0.4) is 0 Å². The fourth-order valence-electron chi connectivity index (χ4n) is 3.77. The van der Waals surface area contributed by atoms with E-state index >= 15 is 0 Å². The summed E-state index contributed by atoms with van der Waals surface area (Å²) in [5.74, 6) is -0.0360. The first-order chi connectivity index (χ1) is 14.0. The van der Waals surface area contributed by atoms with E-state index in [1.54, 1.807) is 16.8 Å². The summed E-state index contributed by atoms with van der Waals surface area (Å²) in [5.41, 5.74) is 1.32. The number of rotatable bonds is 6. The second-order valence-corrected chi connectivity index (χ2v) is 7.82. The van der Waals surface area contributed by atoms with Crippen molar-refractivity contribution in [3.05, 3.63) is 70.1 Å². The molecular weight excluding hydrogens is 366 g/mol. The second-order valence-electron chi connectivity index (χ2n) is 7.82. The number of piperidine rings is 1. The Labute approximate surface area is 171 Å². The lowest BCUT2D eigenvalue weighted by molar-refractivity contribution is -0.132. The third-order valence-corrected chi connectivity index (χ3v) is 5.51. The molecule has 2 heterocycles. The number of hydrogen-bond acceptors (Lipinski definition) is 3. The van der Waals surface area contributed by atoms with Crippen molar-refractivity contribution in [2.24, 2.45) is 0 Å². The molecule has 1 atom stereocenters. The van der Waals surface area contributed by atoms with Crippen LogP contribution in [0, 0.1) is 0 Å². The van der Waals surface area contributed by atoms with Gasteiger partial charge < -0.3 is 14.4 Å². The van der Waals surface area contributed by atoms with Gasteiger partial charge in [0.05, 0.1) is 5.56 Å². The first-order valence-electron chi connectivity index (χ1n) is 10.2. The van der Waals surface area contributed by atoms with E-state index in [0.29, 0.717) is 12.1 Å². The van der Waals surface area contributed by atoms with Gasteiger partial charge in [-0.15, -0.1) is 0 Å². The molecule has 1 aliphatic rings. The summed E-state index contributed by atoms with van der Waals surface area (Å²) in [6.45, 7) is 4.11. The van der Waals surface area contributed by atoms with Gasteiger partial charge in [-0.05, 0) is 36.8 Å². The number of carbonyl (C=O) groups is 2. The van der Waals surface area contributed by atoms with Crippen LogP contribution >= 0.6 is 0 Å². The molecule has 6 nitrogen and oxygen atoms in total. The highest BCUT2D eigenvalue weighted by molar-refractivity contribution is 5.93. The molecule has 1 saturated heterocycles. The average molecular weight is 396 g/mol. The maximum atomic E-state index is 12.9. The number of pyridine rings is 1. The predicted octanol–water partition coefficient (Wildman–Crippen LogP) is 2.74. The molecule has 2 aromatic rings. The molecule has 0 spiro atoms. The van der Waals surface area contributed by atoms with Crippen molar-refractivity contribution in [3.8, 4) is 0 Å². The molecule has 1 aromatic heterocycles. The predicted molar refractivity (Wildman–Crippen MR) is 113 cm³/mol. The highest BCUT2D eigenvalue weighted by atomic mass is 16.2. The molecule has 0 aliphatic carbocycles. The zero-order chi connectivity index (χ0) is 20.8. The number of amides is 2. The van der Waals surface area contributed by atoms with Gasteiger partial charge in [-0.3, -0.25) is 14.4 Å². The molecule has 2 amide bonds. The van der Waals surface area contributed by atoms with Gasteiger partial charge in [0, 0.05) is 38.9 Å². The van der Waals surface area contributed by atoms with Crippen molar-refractivity contribution in [2.45, 2.75) is 38.6 Å². The molecule has 1 fully saturated rings. The van der Waals surface area contributed by atoms with Gasteiger partial charge in [0.25, 0.3) is 11.5 Å². The number of carbonyl (C=O) groups excluding carboxylic acids is 2. The Balaban J connectivity index is 1.68. The summed E-state index contributed by atoms with van der Waals surface area (Å²) in [6.07, 6.45) is 4.66. The smallest absolute Gasteiger partial charge is 0.255 e. The monoisotopic (exact) mass is 395 g/mol. The Bertz CT molecular complexity index is 901. The molecule has 0 saturated carbocycles. The number of aromatic nitrogens is 1. The van der Waals surface area contributed by atoms with Crippen LogP contribution in [-0.2, 0) is 11.3 Å². The van der Waals surface area contributed by atoms with Crippen molar-refractivity contribution >= 4 is 11.8 Å². The van der Waals surface area contributed by atoms with Gasteiger partial charge in [0.1, 0.15) is 6.54 Å². The Morgan fingerprint density at radius 3 is 2.41 bits per heavy atom. The quantitative estimate of drug-likeness (QED) is 0.756. The number of likely N-dealkylation sites (N-methyl/N-ethyl adjacent to an activating group) is 1. The molecule has 6 heteroatoms. The highest BCUT2D eigenvalue weighted by Crippen LogP contribution is 2.16. The maximum absolute atomic E-state index is 12.9. The molecule has 0 bridgehead atoms. The summed E-state index contributed by atoms with van der Waals surface area (Å²) in [4.78, 5) is 41.1. The third kappa shape index (κ3) is 5.34. The largest absolute Gasteiger partial charge is 0.341 e. The van der Waals surface area contributed by atoms with Crippen LogP contribution in [-0.4, -0.2) is 52.9 Å². The van der Waals surface area contributed by atoms with Gasteiger partial charge in [0.2, 0.25) is 5.91 Å². The van der Waals surface area contributed by atoms with Gasteiger partial charge in [-0.25, -0.2) is 0 Å². The molecule has 0 unspecified atom stereocenters. The topological polar surface area (TPSA) is 62.6 Å². The normalized spacial score (nSPS) is 15.0. The lowest BCUT2D eigenvalue weighted by atomic mass is 10.0. The molecule has 1 aliphatic heterocycles. The van der Waals surface area contributed by atoms with Gasteiger partial charge in [0.15, 0.2) is 0 Å². The molecule has 3 rings (SSSR count). The third-order valence-electron chi connectivity index (χ3n) is 5.51. The van der Waals surface area contributed by atoms with Crippen molar-refractivity contribution in [1.29, 1.82) is 0 Å². The number of hydrogen-bond donors (Lipinski definition) is 0. The van der Waals surface area contributed by atoms with Crippen LogP contribution < -0.4 is 5.56 Å². The molecule has 154 valence electrons. The Morgan fingerprint density at radius 2 is 1.72 bits per heavy atom. The lowest BCUT2D eigenvalue weighted by Gasteiger charge is -2.27. The molecule has 29 heavy (non-hydrogen) atoms. The van der Waals surface area contributed by atoms with E-state index in [1.807, 2.05) is 18.2 Å².